The molecule has 0 unspecified atom stereocenters. The Hall–Kier alpha value is -3.05. The van der Waals surface area contributed by atoms with Crippen molar-refractivity contribution < 1.29 is 14.4 Å². The lowest BCUT2D eigenvalue weighted by Gasteiger charge is -2.38. The van der Waals surface area contributed by atoms with E-state index in [2.05, 4.69) is 81.9 Å². The highest BCUT2D eigenvalue weighted by Crippen LogP contribution is 2.44. The highest BCUT2D eigenvalue weighted by atomic mass is 32.1. The normalized spacial score (nSPS) is 23.3. The van der Waals surface area contributed by atoms with E-state index in [4.69, 9.17) is 0 Å². The van der Waals surface area contributed by atoms with Crippen molar-refractivity contribution in [2.75, 3.05) is 59.0 Å². The minimum absolute atomic E-state index is 0.0930. The largest absolute Gasteiger partial charge is 0.354 e. The third-order valence-corrected chi connectivity index (χ3v) is 11.8. The van der Waals surface area contributed by atoms with Crippen LogP contribution in [0, 0.1) is 13.8 Å². The number of benzene rings is 1. The van der Waals surface area contributed by atoms with E-state index in [1.165, 1.54) is 0 Å². The number of amides is 2. The first-order valence-electron chi connectivity index (χ1n) is 16.6. The van der Waals surface area contributed by atoms with Gasteiger partial charge in [-0.15, -0.1) is 11.3 Å². The Morgan fingerprint density at radius 3 is 2.18 bits per heavy atom. The van der Waals surface area contributed by atoms with E-state index < -0.39 is 5.41 Å². The standard InChI is InChI=1S/C35H46N6O3S/c1-22-15-23(2)17-24(16-22)32-31(28(42)19-38-11-13-39(14-12-38)21-40-10-9-36-30(43)20-40)27-18-29(45-33(27)37-32)35(3,4)34(44)41-25-5-6-26(41)8-7-25/h15-18,25-26,37H,5-14,19-21H2,1-4H3,(H,36,43). The van der Waals surface area contributed by atoms with Crippen LogP contribution in [-0.2, 0) is 15.0 Å². The molecule has 3 aromatic rings. The molecule has 4 fully saturated rings. The van der Waals surface area contributed by atoms with Crippen LogP contribution in [0.5, 0.6) is 0 Å². The second-order valence-corrected chi connectivity index (χ2v) is 15.3. The Bertz CT molecular complexity index is 1590. The van der Waals surface area contributed by atoms with E-state index in [-0.39, 0.29) is 17.6 Å². The lowest BCUT2D eigenvalue weighted by molar-refractivity contribution is -0.137. The zero-order valence-electron chi connectivity index (χ0n) is 27.1. The Balaban J connectivity index is 1.14. The number of fused-ring (bicyclic) bond motifs is 3. The van der Waals surface area contributed by atoms with E-state index in [9.17, 15) is 14.4 Å². The van der Waals surface area contributed by atoms with Gasteiger partial charge in [-0.1, -0.05) is 17.2 Å². The van der Waals surface area contributed by atoms with E-state index in [1.54, 1.807) is 11.3 Å². The first-order valence-corrected chi connectivity index (χ1v) is 17.4. The van der Waals surface area contributed by atoms with E-state index in [0.717, 1.165) is 108 Å². The number of hydrogen-bond acceptors (Lipinski definition) is 7. The van der Waals surface area contributed by atoms with Crippen molar-refractivity contribution in [3.63, 3.8) is 0 Å². The molecule has 2 N–H and O–H groups in total. The van der Waals surface area contributed by atoms with Crippen LogP contribution in [0.25, 0.3) is 21.5 Å². The number of H-pyrrole nitrogens is 1. The number of carbonyl (C=O) groups is 3. The van der Waals surface area contributed by atoms with Gasteiger partial charge in [0.2, 0.25) is 11.8 Å². The van der Waals surface area contributed by atoms with Gasteiger partial charge in [0.1, 0.15) is 4.83 Å². The summed E-state index contributed by atoms with van der Waals surface area (Å²) in [6.45, 7) is 14.8. The average Bonchev–Trinajstić information content (AvgIpc) is 3.77. The van der Waals surface area contributed by atoms with Crippen molar-refractivity contribution in [3.8, 4) is 11.3 Å². The van der Waals surface area contributed by atoms with Gasteiger partial charge in [-0.05, 0) is 77.1 Å². The molecule has 45 heavy (non-hydrogen) atoms. The van der Waals surface area contributed by atoms with Crippen LogP contribution in [-0.4, -0.2) is 113 Å². The zero-order chi connectivity index (χ0) is 31.5. The SMILES string of the molecule is Cc1cc(C)cc(-c2[nH]c3sc(C(C)(C)C(=O)N4C5CCC4CC5)cc3c2C(=O)CN2CCN(CN3CCNC(=O)C3)CC2)c1. The summed E-state index contributed by atoms with van der Waals surface area (Å²) in [6.07, 6.45) is 4.50. The lowest BCUT2D eigenvalue weighted by Crippen LogP contribution is -2.55. The Morgan fingerprint density at radius 1 is 0.889 bits per heavy atom. The van der Waals surface area contributed by atoms with Gasteiger partial charge >= 0.3 is 0 Å². The average molecular weight is 631 g/mol. The first kappa shape index (κ1) is 30.6. The summed E-state index contributed by atoms with van der Waals surface area (Å²) in [5.41, 5.74) is 4.32. The van der Waals surface area contributed by atoms with Crippen molar-refractivity contribution >= 4 is 39.2 Å². The number of carbonyl (C=O) groups excluding carboxylic acids is 3. The Kier molecular flexibility index (Phi) is 8.13. The van der Waals surface area contributed by atoms with Crippen LogP contribution in [0.2, 0.25) is 0 Å². The summed E-state index contributed by atoms with van der Waals surface area (Å²) >= 11 is 1.62. The number of nitrogens with one attached hydrogen (secondary N) is 2. The van der Waals surface area contributed by atoms with Crippen molar-refractivity contribution in [2.45, 2.75) is 70.9 Å². The maximum Gasteiger partial charge on any atom is 0.234 e. The molecular weight excluding hydrogens is 584 g/mol. The number of aromatic amines is 1. The monoisotopic (exact) mass is 630 g/mol. The third kappa shape index (κ3) is 5.86. The fourth-order valence-corrected chi connectivity index (χ4v) is 9.22. The summed E-state index contributed by atoms with van der Waals surface area (Å²) in [7, 11) is 0. The predicted octanol–water partition coefficient (Wildman–Crippen LogP) is 4.13. The molecule has 2 aromatic heterocycles. The quantitative estimate of drug-likeness (QED) is 0.364. The third-order valence-electron chi connectivity index (χ3n) is 10.5. The van der Waals surface area contributed by atoms with Crippen molar-refractivity contribution in [3.05, 3.63) is 45.8 Å². The topological polar surface area (TPSA) is 92.0 Å². The number of Topliss-reactive ketones (excluding diaryl/α,β-unsaturated/α-hetero) is 1. The molecule has 4 aliphatic heterocycles. The minimum Gasteiger partial charge on any atom is -0.354 e. The first-order chi connectivity index (χ1) is 21.6. The van der Waals surface area contributed by atoms with Crippen molar-refractivity contribution in [2.24, 2.45) is 0 Å². The van der Waals surface area contributed by atoms with Crippen LogP contribution >= 0.6 is 11.3 Å². The number of piperazine rings is 2. The maximum atomic E-state index is 14.3. The van der Waals surface area contributed by atoms with Crippen molar-refractivity contribution in [1.82, 2.24) is 29.9 Å². The number of aryl methyl sites for hydroxylation is 2. The molecule has 0 spiro atoms. The number of hydrogen-bond donors (Lipinski definition) is 2. The molecule has 2 amide bonds. The van der Waals surface area contributed by atoms with Gasteiger partial charge in [0.15, 0.2) is 5.78 Å². The molecule has 2 bridgehead atoms. The highest BCUT2D eigenvalue weighted by molar-refractivity contribution is 7.19. The van der Waals surface area contributed by atoms with Crippen LogP contribution in [0.3, 0.4) is 0 Å². The second kappa shape index (κ2) is 12.0. The molecule has 1 aromatic carbocycles. The lowest BCUT2D eigenvalue weighted by atomic mass is 9.88. The summed E-state index contributed by atoms with van der Waals surface area (Å²) in [5, 5.41) is 3.83. The minimum atomic E-state index is -0.651. The number of rotatable bonds is 8. The molecule has 0 radical (unpaired) electrons. The molecule has 10 heteroatoms. The van der Waals surface area contributed by atoms with Gasteiger partial charge in [0, 0.05) is 61.6 Å². The molecule has 0 aliphatic carbocycles. The predicted molar refractivity (Wildman–Crippen MR) is 179 cm³/mol. The van der Waals surface area contributed by atoms with Gasteiger partial charge in [-0.25, -0.2) is 0 Å². The molecule has 4 saturated heterocycles. The fourth-order valence-electron chi connectivity index (χ4n) is 8.05. The van der Waals surface area contributed by atoms with Gasteiger partial charge in [-0.2, -0.15) is 0 Å². The maximum absolute atomic E-state index is 14.3. The molecule has 4 aliphatic rings. The number of thiophene rings is 1. The van der Waals surface area contributed by atoms with Gasteiger partial charge in [-0.3, -0.25) is 29.1 Å². The molecule has 0 saturated carbocycles. The smallest absolute Gasteiger partial charge is 0.234 e. The Labute approximate surface area is 269 Å². The van der Waals surface area contributed by atoms with E-state index in [0.29, 0.717) is 31.7 Å². The fraction of sp³-hybridized carbons (Fsp3) is 0.571. The summed E-state index contributed by atoms with van der Waals surface area (Å²) in [4.78, 5) is 54.7. The van der Waals surface area contributed by atoms with Gasteiger partial charge < -0.3 is 15.2 Å². The molecule has 6 heterocycles. The Morgan fingerprint density at radius 2 is 1.53 bits per heavy atom. The van der Waals surface area contributed by atoms with Crippen LogP contribution in [0.4, 0.5) is 0 Å². The van der Waals surface area contributed by atoms with Gasteiger partial charge in [0.25, 0.3) is 0 Å². The molecule has 240 valence electrons. The van der Waals surface area contributed by atoms with Crippen LogP contribution < -0.4 is 5.32 Å². The second-order valence-electron chi connectivity index (χ2n) is 14.3. The summed E-state index contributed by atoms with van der Waals surface area (Å²) in [6, 6.07) is 9.36. The van der Waals surface area contributed by atoms with E-state index in [1.807, 2.05) is 0 Å². The van der Waals surface area contributed by atoms with Crippen LogP contribution in [0.15, 0.2) is 24.3 Å². The number of ketones is 1. The molecule has 7 rings (SSSR count). The summed E-state index contributed by atoms with van der Waals surface area (Å²) < 4.78 is 0. The zero-order valence-corrected chi connectivity index (χ0v) is 27.9. The molecule has 0 atom stereocenters. The number of aromatic nitrogens is 1. The molecular formula is C35H46N6O3S. The van der Waals surface area contributed by atoms with E-state index >= 15 is 0 Å². The van der Waals surface area contributed by atoms with Gasteiger partial charge in [0.05, 0.1) is 36.4 Å². The molecule has 9 nitrogen and oxygen atoms in total. The highest BCUT2D eigenvalue weighted by Gasteiger charge is 2.47. The van der Waals surface area contributed by atoms with Crippen molar-refractivity contribution in [1.29, 1.82) is 0 Å². The summed E-state index contributed by atoms with van der Waals surface area (Å²) in [5.74, 6) is 0.430. The number of nitrogens with zero attached hydrogens (tertiary/aromatic N) is 4. The van der Waals surface area contributed by atoms with Crippen LogP contribution in [0.1, 0.15) is 65.9 Å².